The standard InChI is InChI=1S/C13H17NO3S/c1-3-8-14(10-13(16)17-2)12(15)7-6-11-5-4-9-18-11/h4-7,9H,3,8,10H2,1-2H3/b7-6+. The second kappa shape index (κ2) is 7.66. The predicted octanol–water partition coefficient (Wildman–Crippen LogP) is 2.17. The predicted molar refractivity (Wildman–Crippen MR) is 72.2 cm³/mol. The molecule has 1 aromatic rings. The first-order valence-electron chi connectivity index (χ1n) is 5.74. The molecule has 0 aliphatic carbocycles. The summed E-state index contributed by atoms with van der Waals surface area (Å²) in [4.78, 5) is 25.6. The van der Waals surface area contributed by atoms with Crippen molar-refractivity contribution < 1.29 is 14.3 Å². The zero-order valence-corrected chi connectivity index (χ0v) is 11.4. The smallest absolute Gasteiger partial charge is 0.325 e. The highest BCUT2D eigenvalue weighted by Crippen LogP contribution is 2.10. The number of carbonyl (C=O) groups excluding carboxylic acids is 2. The molecule has 98 valence electrons. The lowest BCUT2D eigenvalue weighted by atomic mass is 10.3. The van der Waals surface area contributed by atoms with Crippen molar-refractivity contribution in [3.63, 3.8) is 0 Å². The summed E-state index contributed by atoms with van der Waals surface area (Å²) >= 11 is 1.56. The first-order valence-corrected chi connectivity index (χ1v) is 6.62. The molecule has 1 heterocycles. The molecule has 0 aromatic carbocycles. The van der Waals surface area contributed by atoms with Crippen molar-refractivity contribution in [1.29, 1.82) is 0 Å². The molecule has 0 saturated carbocycles. The van der Waals surface area contributed by atoms with Crippen molar-refractivity contribution in [3.05, 3.63) is 28.5 Å². The lowest BCUT2D eigenvalue weighted by molar-refractivity contribution is -0.145. The molecule has 0 spiro atoms. The average Bonchev–Trinajstić information content (AvgIpc) is 2.88. The first-order chi connectivity index (χ1) is 8.67. The van der Waals surface area contributed by atoms with E-state index >= 15 is 0 Å². The van der Waals surface area contributed by atoms with Crippen LogP contribution in [0.2, 0.25) is 0 Å². The number of hydrogen-bond acceptors (Lipinski definition) is 4. The Labute approximate surface area is 111 Å². The van der Waals surface area contributed by atoms with Crippen LogP contribution in [-0.4, -0.2) is 37.0 Å². The summed E-state index contributed by atoms with van der Waals surface area (Å²) in [6, 6.07) is 3.85. The Morgan fingerprint density at radius 2 is 2.28 bits per heavy atom. The lowest BCUT2D eigenvalue weighted by Crippen LogP contribution is -2.35. The van der Waals surface area contributed by atoms with Gasteiger partial charge in [0.05, 0.1) is 7.11 Å². The minimum absolute atomic E-state index is 0.00203. The number of methoxy groups -OCH3 is 1. The zero-order chi connectivity index (χ0) is 13.4. The van der Waals surface area contributed by atoms with Gasteiger partial charge in [-0.3, -0.25) is 9.59 Å². The van der Waals surface area contributed by atoms with Crippen molar-refractivity contribution in [2.75, 3.05) is 20.2 Å². The quantitative estimate of drug-likeness (QED) is 0.586. The molecule has 1 amide bonds. The van der Waals surface area contributed by atoms with Gasteiger partial charge in [0.25, 0.3) is 0 Å². The minimum atomic E-state index is -0.402. The Morgan fingerprint density at radius 1 is 1.50 bits per heavy atom. The van der Waals surface area contributed by atoms with Crippen LogP contribution in [0, 0.1) is 0 Å². The van der Waals surface area contributed by atoms with E-state index in [1.807, 2.05) is 24.4 Å². The lowest BCUT2D eigenvalue weighted by Gasteiger charge is -2.18. The minimum Gasteiger partial charge on any atom is -0.468 e. The molecule has 0 N–H and O–H groups in total. The van der Waals surface area contributed by atoms with Gasteiger partial charge in [-0.15, -0.1) is 11.3 Å². The highest BCUT2D eigenvalue weighted by molar-refractivity contribution is 7.10. The summed E-state index contributed by atoms with van der Waals surface area (Å²) in [6.45, 7) is 2.50. The normalized spacial score (nSPS) is 10.6. The van der Waals surface area contributed by atoms with Gasteiger partial charge in [-0.1, -0.05) is 13.0 Å². The topological polar surface area (TPSA) is 46.6 Å². The van der Waals surface area contributed by atoms with E-state index in [9.17, 15) is 9.59 Å². The van der Waals surface area contributed by atoms with Crippen LogP contribution in [0.3, 0.4) is 0 Å². The number of ether oxygens (including phenoxy) is 1. The Morgan fingerprint density at radius 3 is 2.83 bits per heavy atom. The van der Waals surface area contributed by atoms with Gasteiger partial charge in [0, 0.05) is 17.5 Å². The molecular formula is C13H17NO3S. The summed E-state index contributed by atoms with van der Waals surface area (Å²) in [6.07, 6.45) is 4.05. The Kier molecular flexibility index (Phi) is 6.14. The third-order valence-corrected chi connectivity index (χ3v) is 3.12. The summed E-state index contributed by atoms with van der Waals surface area (Å²) in [5, 5.41) is 1.95. The molecule has 0 bridgehead atoms. The van der Waals surface area contributed by atoms with E-state index in [0.29, 0.717) is 6.54 Å². The molecule has 0 fully saturated rings. The summed E-state index contributed by atoms with van der Waals surface area (Å²) in [5.74, 6) is -0.572. The molecule has 5 heteroatoms. The molecule has 0 saturated heterocycles. The highest BCUT2D eigenvalue weighted by atomic mass is 32.1. The molecule has 0 aliphatic rings. The van der Waals surface area contributed by atoms with Crippen LogP contribution >= 0.6 is 11.3 Å². The van der Waals surface area contributed by atoms with Gasteiger partial charge in [-0.25, -0.2) is 0 Å². The summed E-state index contributed by atoms with van der Waals surface area (Å²) < 4.78 is 4.57. The van der Waals surface area contributed by atoms with Gasteiger partial charge in [-0.2, -0.15) is 0 Å². The maximum absolute atomic E-state index is 11.9. The molecule has 0 unspecified atom stereocenters. The number of amides is 1. The van der Waals surface area contributed by atoms with Gasteiger partial charge in [0.1, 0.15) is 6.54 Å². The van der Waals surface area contributed by atoms with Crippen LogP contribution in [0.1, 0.15) is 18.2 Å². The molecule has 1 rings (SSSR count). The molecule has 0 radical (unpaired) electrons. The first kappa shape index (κ1) is 14.4. The summed E-state index contributed by atoms with van der Waals surface area (Å²) in [5.41, 5.74) is 0. The fourth-order valence-electron chi connectivity index (χ4n) is 1.40. The van der Waals surface area contributed by atoms with Gasteiger partial charge in [0.2, 0.25) is 5.91 Å². The monoisotopic (exact) mass is 267 g/mol. The van der Waals surface area contributed by atoms with Crippen molar-refractivity contribution in [2.45, 2.75) is 13.3 Å². The number of carbonyl (C=O) groups is 2. The van der Waals surface area contributed by atoms with Gasteiger partial charge >= 0.3 is 5.97 Å². The van der Waals surface area contributed by atoms with Crippen molar-refractivity contribution in [3.8, 4) is 0 Å². The van der Waals surface area contributed by atoms with Crippen LogP contribution in [0.4, 0.5) is 0 Å². The highest BCUT2D eigenvalue weighted by Gasteiger charge is 2.14. The maximum Gasteiger partial charge on any atom is 0.325 e. The van der Waals surface area contributed by atoms with Gasteiger partial charge in [-0.05, 0) is 23.9 Å². The van der Waals surface area contributed by atoms with Crippen LogP contribution < -0.4 is 0 Å². The van der Waals surface area contributed by atoms with Crippen LogP contribution in [-0.2, 0) is 14.3 Å². The van der Waals surface area contributed by atoms with Gasteiger partial charge < -0.3 is 9.64 Å². The second-order valence-electron chi connectivity index (χ2n) is 3.68. The number of rotatable bonds is 6. The molecule has 0 aliphatic heterocycles. The van der Waals surface area contributed by atoms with E-state index in [0.717, 1.165) is 11.3 Å². The Bertz CT molecular complexity index is 412. The largest absolute Gasteiger partial charge is 0.468 e. The molecule has 0 atom stereocenters. The van der Waals surface area contributed by atoms with E-state index in [2.05, 4.69) is 4.74 Å². The fourth-order valence-corrected chi connectivity index (χ4v) is 2.02. The van der Waals surface area contributed by atoms with E-state index in [-0.39, 0.29) is 12.5 Å². The number of nitrogens with zero attached hydrogens (tertiary/aromatic N) is 1. The second-order valence-corrected chi connectivity index (χ2v) is 4.66. The Balaban J connectivity index is 2.61. The van der Waals surface area contributed by atoms with Crippen LogP contribution in [0.15, 0.2) is 23.6 Å². The molecule has 1 aromatic heterocycles. The van der Waals surface area contributed by atoms with E-state index in [4.69, 9.17) is 0 Å². The summed E-state index contributed by atoms with van der Waals surface area (Å²) in [7, 11) is 1.32. The number of thiophene rings is 1. The SMILES string of the molecule is CCCN(CC(=O)OC)C(=O)/C=C/c1cccs1. The number of hydrogen-bond donors (Lipinski definition) is 0. The maximum atomic E-state index is 11.9. The van der Waals surface area contributed by atoms with Crippen molar-refractivity contribution >= 4 is 29.3 Å². The Hall–Kier alpha value is -1.62. The third-order valence-electron chi connectivity index (χ3n) is 2.29. The van der Waals surface area contributed by atoms with E-state index < -0.39 is 5.97 Å². The van der Waals surface area contributed by atoms with E-state index in [1.165, 1.54) is 18.1 Å². The van der Waals surface area contributed by atoms with Crippen LogP contribution in [0.5, 0.6) is 0 Å². The number of esters is 1. The van der Waals surface area contributed by atoms with Crippen molar-refractivity contribution in [2.24, 2.45) is 0 Å². The molecule has 18 heavy (non-hydrogen) atoms. The third kappa shape index (κ3) is 4.71. The molecule has 4 nitrogen and oxygen atoms in total. The van der Waals surface area contributed by atoms with Crippen molar-refractivity contribution in [1.82, 2.24) is 4.90 Å². The zero-order valence-electron chi connectivity index (χ0n) is 10.6. The van der Waals surface area contributed by atoms with Crippen LogP contribution in [0.25, 0.3) is 6.08 Å². The fraction of sp³-hybridized carbons (Fsp3) is 0.385. The van der Waals surface area contributed by atoms with E-state index in [1.54, 1.807) is 17.4 Å². The average molecular weight is 267 g/mol. The van der Waals surface area contributed by atoms with Gasteiger partial charge in [0.15, 0.2) is 0 Å². The molecular weight excluding hydrogens is 250 g/mol.